The Morgan fingerprint density at radius 1 is 0.351 bits per heavy atom. The molecule has 0 aliphatic carbocycles. The van der Waals surface area contributed by atoms with Crippen molar-refractivity contribution in [3.8, 4) is 0 Å². The van der Waals surface area contributed by atoms with E-state index in [0.29, 0.717) is 19.3 Å². The van der Waals surface area contributed by atoms with Crippen molar-refractivity contribution in [3.05, 3.63) is 36.5 Å². The fourth-order valence-corrected chi connectivity index (χ4v) is 6.88. The summed E-state index contributed by atoms with van der Waals surface area (Å²) >= 11 is 0. The lowest BCUT2D eigenvalue weighted by molar-refractivity contribution is -0.167. The molecule has 0 aliphatic rings. The molecule has 0 amide bonds. The number of rotatable bonds is 44. The van der Waals surface area contributed by atoms with Gasteiger partial charge in [0.1, 0.15) is 13.2 Å². The van der Waals surface area contributed by atoms with E-state index in [9.17, 15) is 14.4 Å². The Balaban J connectivity index is 4.29. The maximum absolute atomic E-state index is 12.7. The fourth-order valence-electron chi connectivity index (χ4n) is 6.88. The molecule has 6 heteroatoms. The zero-order chi connectivity index (χ0) is 41.5. The zero-order valence-corrected chi connectivity index (χ0v) is 37.9. The Kier molecular flexibility index (Phi) is 44.4. The molecule has 1 atom stereocenters. The van der Waals surface area contributed by atoms with Crippen LogP contribution in [0.3, 0.4) is 0 Å². The van der Waals surface area contributed by atoms with Crippen LogP contribution < -0.4 is 0 Å². The number of carbonyl (C=O) groups excluding carboxylic acids is 3. The van der Waals surface area contributed by atoms with Gasteiger partial charge in [-0.2, -0.15) is 0 Å². The van der Waals surface area contributed by atoms with Crippen LogP contribution >= 0.6 is 0 Å². The van der Waals surface area contributed by atoms with E-state index < -0.39 is 6.10 Å². The van der Waals surface area contributed by atoms with Gasteiger partial charge in [-0.25, -0.2) is 0 Å². The molecule has 332 valence electrons. The van der Waals surface area contributed by atoms with Crippen LogP contribution in [0.1, 0.15) is 252 Å². The van der Waals surface area contributed by atoms with Gasteiger partial charge in [-0.3, -0.25) is 14.4 Å². The van der Waals surface area contributed by atoms with Crippen molar-refractivity contribution in [1.82, 2.24) is 0 Å². The van der Waals surface area contributed by atoms with E-state index in [2.05, 4.69) is 57.2 Å². The third kappa shape index (κ3) is 44.6. The van der Waals surface area contributed by atoms with Crippen LogP contribution in [-0.4, -0.2) is 37.2 Å². The second-order valence-corrected chi connectivity index (χ2v) is 16.4. The first kappa shape index (κ1) is 54.6. The molecule has 0 heterocycles. The molecule has 0 aromatic heterocycles. The van der Waals surface area contributed by atoms with Crippen molar-refractivity contribution in [1.29, 1.82) is 0 Å². The summed E-state index contributed by atoms with van der Waals surface area (Å²) in [5.41, 5.74) is 0. The molecule has 0 rings (SSSR count). The first-order valence-electron chi connectivity index (χ1n) is 24.5. The normalized spacial score (nSPS) is 12.3. The second kappa shape index (κ2) is 46.3. The molecule has 0 aliphatic heterocycles. The predicted octanol–water partition coefficient (Wildman–Crippen LogP) is 15.8. The molecule has 0 aromatic carbocycles. The van der Waals surface area contributed by atoms with Gasteiger partial charge in [-0.1, -0.05) is 192 Å². The molecule has 0 saturated carbocycles. The molecule has 0 spiro atoms. The molecule has 0 aromatic rings. The van der Waals surface area contributed by atoms with Crippen molar-refractivity contribution >= 4 is 17.9 Å². The maximum Gasteiger partial charge on any atom is 0.306 e. The zero-order valence-electron chi connectivity index (χ0n) is 37.9. The van der Waals surface area contributed by atoms with Gasteiger partial charge in [0.25, 0.3) is 0 Å². The highest BCUT2D eigenvalue weighted by molar-refractivity contribution is 5.71. The molecule has 1 unspecified atom stereocenters. The van der Waals surface area contributed by atoms with Crippen LogP contribution in [0.5, 0.6) is 0 Å². The Morgan fingerprint density at radius 3 is 1.02 bits per heavy atom. The molecule has 0 bridgehead atoms. The van der Waals surface area contributed by atoms with E-state index >= 15 is 0 Å². The second-order valence-electron chi connectivity index (χ2n) is 16.4. The van der Waals surface area contributed by atoms with Gasteiger partial charge in [0.2, 0.25) is 0 Å². The van der Waals surface area contributed by atoms with Crippen molar-refractivity contribution < 1.29 is 28.6 Å². The van der Waals surface area contributed by atoms with E-state index in [1.165, 1.54) is 128 Å². The SMILES string of the molecule is CCCCC/C=C\C/C=C\CCCCCCCC(=O)OC(COC(=O)CCCCCCCCC)COC(=O)CCCCCCCCC/C=C\CCCCCCCC. The number of ether oxygens (including phenoxy) is 3. The van der Waals surface area contributed by atoms with Gasteiger partial charge in [0, 0.05) is 19.3 Å². The Labute approximate surface area is 353 Å². The van der Waals surface area contributed by atoms with Gasteiger partial charge in [-0.05, 0) is 77.0 Å². The minimum atomic E-state index is -0.775. The van der Waals surface area contributed by atoms with Crippen molar-refractivity contribution in [3.63, 3.8) is 0 Å². The quantitative estimate of drug-likeness (QED) is 0.0264. The fraction of sp³-hybridized carbons (Fsp3) is 0.824. The number of esters is 3. The van der Waals surface area contributed by atoms with E-state index in [1.807, 2.05) is 0 Å². The number of unbranched alkanes of at least 4 members (excludes halogenated alkanes) is 27. The minimum absolute atomic E-state index is 0.0779. The largest absolute Gasteiger partial charge is 0.462 e. The van der Waals surface area contributed by atoms with E-state index in [0.717, 1.165) is 83.5 Å². The molecular formula is C51H92O6. The Hall–Kier alpha value is -2.37. The minimum Gasteiger partial charge on any atom is -0.462 e. The standard InChI is InChI=1S/C51H92O6/c1-4-7-10-13-16-18-20-22-24-25-27-28-30-32-35-38-41-44-50(53)56-47-48(46-55-49(52)43-40-37-34-15-12-9-6-3)57-51(54)45-42-39-36-33-31-29-26-23-21-19-17-14-11-8-5-2/h17,19,22-24,26,48H,4-16,18,20-21,25,27-47H2,1-3H3/b19-17-,24-22-,26-23-. The van der Waals surface area contributed by atoms with E-state index in [-0.39, 0.29) is 31.1 Å². The van der Waals surface area contributed by atoms with Crippen LogP contribution in [0.15, 0.2) is 36.5 Å². The lowest BCUT2D eigenvalue weighted by Gasteiger charge is -2.18. The average molecular weight is 801 g/mol. The number of allylic oxidation sites excluding steroid dienone is 6. The van der Waals surface area contributed by atoms with Gasteiger partial charge in [-0.15, -0.1) is 0 Å². The smallest absolute Gasteiger partial charge is 0.306 e. The lowest BCUT2D eigenvalue weighted by atomic mass is 10.1. The van der Waals surface area contributed by atoms with Crippen molar-refractivity contribution in [2.24, 2.45) is 0 Å². The highest BCUT2D eigenvalue weighted by atomic mass is 16.6. The van der Waals surface area contributed by atoms with Crippen LogP contribution in [0.2, 0.25) is 0 Å². The van der Waals surface area contributed by atoms with Gasteiger partial charge < -0.3 is 14.2 Å². The van der Waals surface area contributed by atoms with Gasteiger partial charge in [0.15, 0.2) is 6.10 Å². The molecule has 0 radical (unpaired) electrons. The van der Waals surface area contributed by atoms with Crippen molar-refractivity contribution in [2.75, 3.05) is 13.2 Å². The van der Waals surface area contributed by atoms with E-state index in [1.54, 1.807) is 0 Å². The first-order chi connectivity index (χ1) is 28.0. The maximum atomic E-state index is 12.7. The summed E-state index contributed by atoms with van der Waals surface area (Å²) < 4.78 is 16.7. The Bertz CT molecular complexity index is 969. The summed E-state index contributed by atoms with van der Waals surface area (Å²) in [6.45, 7) is 6.56. The monoisotopic (exact) mass is 801 g/mol. The van der Waals surface area contributed by atoms with E-state index in [4.69, 9.17) is 14.2 Å². The summed E-state index contributed by atoms with van der Waals surface area (Å²) in [6, 6.07) is 0. The van der Waals surface area contributed by atoms with Crippen molar-refractivity contribution in [2.45, 2.75) is 258 Å². The molecule has 0 saturated heterocycles. The first-order valence-corrected chi connectivity index (χ1v) is 24.5. The van der Waals surface area contributed by atoms with Crippen LogP contribution in [0.4, 0.5) is 0 Å². The topological polar surface area (TPSA) is 78.9 Å². The summed E-state index contributed by atoms with van der Waals surface area (Å²) in [4.78, 5) is 37.7. The highest BCUT2D eigenvalue weighted by Crippen LogP contribution is 2.14. The summed E-state index contributed by atoms with van der Waals surface area (Å²) in [7, 11) is 0. The number of hydrogen-bond donors (Lipinski definition) is 0. The van der Waals surface area contributed by atoms with Gasteiger partial charge in [0.05, 0.1) is 0 Å². The van der Waals surface area contributed by atoms with Crippen LogP contribution in [0.25, 0.3) is 0 Å². The summed E-state index contributed by atoms with van der Waals surface area (Å²) in [5, 5.41) is 0. The summed E-state index contributed by atoms with van der Waals surface area (Å²) in [5.74, 6) is -0.898. The number of carbonyl (C=O) groups is 3. The molecule has 0 fully saturated rings. The molecular weight excluding hydrogens is 709 g/mol. The Morgan fingerprint density at radius 2 is 0.632 bits per heavy atom. The summed E-state index contributed by atoms with van der Waals surface area (Å²) in [6.07, 6.45) is 52.8. The molecule has 6 nitrogen and oxygen atoms in total. The number of hydrogen-bond acceptors (Lipinski definition) is 6. The third-order valence-corrected chi connectivity index (χ3v) is 10.6. The third-order valence-electron chi connectivity index (χ3n) is 10.6. The lowest BCUT2D eigenvalue weighted by Crippen LogP contribution is -2.30. The van der Waals surface area contributed by atoms with Gasteiger partial charge >= 0.3 is 17.9 Å². The van der Waals surface area contributed by atoms with Crippen LogP contribution in [0, 0.1) is 0 Å². The predicted molar refractivity (Wildman–Crippen MR) is 242 cm³/mol. The highest BCUT2D eigenvalue weighted by Gasteiger charge is 2.19. The average Bonchev–Trinajstić information content (AvgIpc) is 3.21. The van der Waals surface area contributed by atoms with Crippen LogP contribution in [-0.2, 0) is 28.6 Å². The molecule has 57 heavy (non-hydrogen) atoms. The molecule has 0 N–H and O–H groups in total.